The van der Waals surface area contributed by atoms with Crippen molar-refractivity contribution in [2.24, 2.45) is 17.8 Å². The van der Waals surface area contributed by atoms with Gasteiger partial charge in [0.05, 0.1) is 12.7 Å². The summed E-state index contributed by atoms with van der Waals surface area (Å²) in [5, 5.41) is 9.47. The molecule has 0 spiro atoms. The molecule has 3 rings (SSSR count). The van der Waals surface area contributed by atoms with Crippen molar-refractivity contribution in [2.45, 2.75) is 26.2 Å². The van der Waals surface area contributed by atoms with Crippen molar-refractivity contribution >= 4 is 11.8 Å². The molecule has 1 fully saturated rings. The number of hydrogen-bond donors (Lipinski definition) is 1. The summed E-state index contributed by atoms with van der Waals surface area (Å²) in [5.74, 6) is 0.582. The van der Waals surface area contributed by atoms with Gasteiger partial charge in [-0.05, 0) is 73.1 Å². The molecule has 0 bridgehead atoms. The lowest BCUT2D eigenvalue weighted by Gasteiger charge is -2.23. The molecule has 0 aromatic heterocycles. The van der Waals surface area contributed by atoms with Crippen molar-refractivity contribution in [1.82, 2.24) is 0 Å². The molecular formula is C22H24O4. The topological polar surface area (TPSA) is 63.6 Å². The van der Waals surface area contributed by atoms with E-state index in [1.165, 1.54) is 20.0 Å². The maximum atomic E-state index is 13.1. The summed E-state index contributed by atoms with van der Waals surface area (Å²) in [7, 11) is 1.36. The molecular weight excluding hydrogens is 328 g/mol. The highest BCUT2D eigenvalue weighted by molar-refractivity contribution is 5.98. The van der Waals surface area contributed by atoms with Gasteiger partial charge in [-0.25, -0.2) is 4.79 Å². The summed E-state index contributed by atoms with van der Waals surface area (Å²) >= 11 is 0. The van der Waals surface area contributed by atoms with E-state index in [1.54, 1.807) is 30.3 Å². The Kier molecular flexibility index (Phi) is 5.40. The van der Waals surface area contributed by atoms with E-state index in [2.05, 4.69) is 6.92 Å². The van der Waals surface area contributed by atoms with Crippen LogP contribution in [0.25, 0.3) is 0 Å². The van der Waals surface area contributed by atoms with Gasteiger partial charge >= 0.3 is 5.97 Å². The van der Waals surface area contributed by atoms with Crippen LogP contribution in [-0.2, 0) is 11.2 Å². The third kappa shape index (κ3) is 4.13. The third-order valence-corrected chi connectivity index (χ3v) is 5.29. The van der Waals surface area contributed by atoms with Crippen molar-refractivity contribution in [1.29, 1.82) is 0 Å². The highest BCUT2D eigenvalue weighted by atomic mass is 16.5. The van der Waals surface area contributed by atoms with Crippen LogP contribution in [0.1, 0.15) is 46.0 Å². The van der Waals surface area contributed by atoms with E-state index in [4.69, 9.17) is 4.74 Å². The minimum atomic E-state index is -0.372. The number of phenolic OH excluding ortho intramolecular Hbond substituents is 1. The van der Waals surface area contributed by atoms with Gasteiger partial charge in [0, 0.05) is 11.5 Å². The molecule has 4 heteroatoms. The van der Waals surface area contributed by atoms with E-state index in [-0.39, 0.29) is 29.3 Å². The number of Topliss-reactive ketones (excluding diaryl/α,β-unsaturated/α-hetero) is 1. The molecule has 1 saturated carbocycles. The van der Waals surface area contributed by atoms with Gasteiger partial charge in [0.25, 0.3) is 0 Å². The number of benzene rings is 2. The average Bonchev–Trinajstić information content (AvgIpc) is 3.50. The van der Waals surface area contributed by atoms with Crippen LogP contribution < -0.4 is 0 Å². The summed E-state index contributed by atoms with van der Waals surface area (Å²) in [4.78, 5) is 24.9. The van der Waals surface area contributed by atoms with Crippen molar-refractivity contribution in [3.05, 3.63) is 65.2 Å². The van der Waals surface area contributed by atoms with E-state index in [9.17, 15) is 14.7 Å². The van der Waals surface area contributed by atoms with Crippen molar-refractivity contribution in [3.63, 3.8) is 0 Å². The fourth-order valence-corrected chi connectivity index (χ4v) is 3.50. The molecule has 4 nitrogen and oxygen atoms in total. The standard InChI is InChI=1S/C22H24O4/c1-14(16-6-7-16)20(21(24)17-8-10-19(23)11-9-17)13-15-4-3-5-18(12-15)22(25)26-2/h3-5,8-12,14,16,20,23H,6-7,13H2,1-2H3. The smallest absolute Gasteiger partial charge is 0.337 e. The van der Waals surface area contributed by atoms with Crippen LogP contribution in [0.4, 0.5) is 0 Å². The van der Waals surface area contributed by atoms with Crippen LogP contribution in [0.5, 0.6) is 5.75 Å². The third-order valence-electron chi connectivity index (χ3n) is 5.29. The molecule has 2 atom stereocenters. The van der Waals surface area contributed by atoms with Gasteiger partial charge < -0.3 is 9.84 Å². The van der Waals surface area contributed by atoms with Gasteiger partial charge in [-0.3, -0.25) is 4.79 Å². The average molecular weight is 352 g/mol. The molecule has 1 N–H and O–H groups in total. The first-order valence-corrected chi connectivity index (χ1v) is 9.00. The summed E-state index contributed by atoms with van der Waals surface area (Å²) in [5.41, 5.74) is 2.07. The number of carbonyl (C=O) groups is 2. The number of ether oxygens (including phenoxy) is 1. The monoisotopic (exact) mass is 352 g/mol. The lowest BCUT2D eigenvalue weighted by atomic mass is 9.79. The Bertz CT molecular complexity index is 790. The highest BCUT2D eigenvalue weighted by Crippen LogP contribution is 2.42. The Morgan fingerprint density at radius 2 is 1.81 bits per heavy atom. The molecule has 26 heavy (non-hydrogen) atoms. The number of ketones is 1. The first-order chi connectivity index (χ1) is 12.5. The zero-order valence-corrected chi connectivity index (χ0v) is 15.1. The van der Waals surface area contributed by atoms with E-state index < -0.39 is 0 Å². The molecule has 0 saturated heterocycles. The number of phenols is 1. The maximum absolute atomic E-state index is 13.1. The Morgan fingerprint density at radius 3 is 2.42 bits per heavy atom. The van der Waals surface area contributed by atoms with Crippen LogP contribution in [0, 0.1) is 17.8 Å². The number of esters is 1. The minimum absolute atomic E-state index is 0.0906. The largest absolute Gasteiger partial charge is 0.508 e. The zero-order chi connectivity index (χ0) is 18.7. The summed E-state index contributed by atoms with van der Waals surface area (Å²) in [6, 6.07) is 13.7. The molecule has 2 aromatic carbocycles. The highest BCUT2D eigenvalue weighted by Gasteiger charge is 2.37. The van der Waals surface area contributed by atoms with E-state index in [0.717, 1.165) is 5.56 Å². The molecule has 0 heterocycles. The fourth-order valence-electron chi connectivity index (χ4n) is 3.50. The lowest BCUT2D eigenvalue weighted by molar-refractivity contribution is 0.0600. The minimum Gasteiger partial charge on any atom is -0.508 e. The second-order valence-corrected chi connectivity index (χ2v) is 7.11. The van der Waals surface area contributed by atoms with E-state index >= 15 is 0 Å². The molecule has 136 valence electrons. The molecule has 1 aliphatic carbocycles. The molecule has 0 radical (unpaired) electrons. The van der Waals surface area contributed by atoms with Crippen molar-refractivity contribution in [2.75, 3.05) is 7.11 Å². The van der Waals surface area contributed by atoms with Gasteiger partial charge in [0.1, 0.15) is 5.75 Å². The summed E-state index contributed by atoms with van der Waals surface area (Å²) < 4.78 is 4.79. The SMILES string of the molecule is COC(=O)c1cccc(CC(C(=O)c2ccc(O)cc2)C(C)C2CC2)c1. The second kappa shape index (κ2) is 7.73. The van der Waals surface area contributed by atoms with Crippen LogP contribution in [0.15, 0.2) is 48.5 Å². The van der Waals surface area contributed by atoms with Gasteiger partial charge in [-0.1, -0.05) is 19.1 Å². The normalized spacial score (nSPS) is 15.9. The van der Waals surface area contributed by atoms with E-state index in [0.29, 0.717) is 23.5 Å². The molecule has 0 amide bonds. The van der Waals surface area contributed by atoms with Crippen LogP contribution in [0.2, 0.25) is 0 Å². The van der Waals surface area contributed by atoms with Gasteiger partial charge in [0.2, 0.25) is 0 Å². The van der Waals surface area contributed by atoms with Crippen molar-refractivity contribution < 1.29 is 19.4 Å². The van der Waals surface area contributed by atoms with Gasteiger partial charge in [0.15, 0.2) is 5.78 Å². The maximum Gasteiger partial charge on any atom is 0.337 e. The lowest BCUT2D eigenvalue weighted by Crippen LogP contribution is -2.26. The number of methoxy groups -OCH3 is 1. The van der Waals surface area contributed by atoms with Crippen LogP contribution in [-0.4, -0.2) is 24.0 Å². The predicted molar refractivity (Wildman–Crippen MR) is 99.3 cm³/mol. The van der Waals surface area contributed by atoms with Gasteiger partial charge in [-0.15, -0.1) is 0 Å². The van der Waals surface area contributed by atoms with Crippen LogP contribution in [0.3, 0.4) is 0 Å². The van der Waals surface area contributed by atoms with Crippen LogP contribution >= 0.6 is 0 Å². The number of aromatic hydroxyl groups is 1. The molecule has 0 aliphatic heterocycles. The van der Waals surface area contributed by atoms with Gasteiger partial charge in [-0.2, -0.15) is 0 Å². The number of hydrogen-bond acceptors (Lipinski definition) is 4. The molecule has 2 unspecified atom stereocenters. The molecule has 2 aromatic rings. The first-order valence-electron chi connectivity index (χ1n) is 9.00. The predicted octanol–water partition coefficient (Wildman–Crippen LogP) is 4.27. The van der Waals surface area contributed by atoms with Crippen molar-refractivity contribution in [3.8, 4) is 5.75 Å². The fraction of sp³-hybridized carbons (Fsp3) is 0.364. The second-order valence-electron chi connectivity index (χ2n) is 7.11. The Morgan fingerprint density at radius 1 is 1.12 bits per heavy atom. The summed E-state index contributed by atoms with van der Waals surface area (Å²) in [6.45, 7) is 2.14. The Hall–Kier alpha value is -2.62. The summed E-state index contributed by atoms with van der Waals surface area (Å²) in [6.07, 6.45) is 2.92. The zero-order valence-electron chi connectivity index (χ0n) is 15.1. The number of carbonyl (C=O) groups excluding carboxylic acids is 2. The Labute approximate surface area is 153 Å². The Balaban J connectivity index is 1.86. The quantitative estimate of drug-likeness (QED) is 0.597. The molecule has 1 aliphatic rings. The first kappa shape index (κ1) is 18.2. The number of rotatable bonds is 7. The van der Waals surface area contributed by atoms with E-state index in [1.807, 2.05) is 18.2 Å².